The average molecular weight is 377 g/mol. The molecule has 0 fully saturated rings. The number of hydrogen-bond donors (Lipinski definition) is 2. The Hall–Kier alpha value is -3.12. The first kappa shape index (κ1) is 18.7. The molecule has 0 bridgehead atoms. The van der Waals surface area contributed by atoms with Gasteiger partial charge in [-0.3, -0.25) is 9.59 Å². The van der Waals surface area contributed by atoms with E-state index in [2.05, 4.69) is 15.6 Å². The third-order valence-corrected chi connectivity index (χ3v) is 4.90. The number of carbonyl (C=O) groups excluding carboxylic acids is 2. The number of nitrogens with zero attached hydrogens (tertiary/aromatic N) is 1. The molecule has 0 radical (unpaired) electrons. The molecule has 1 aromatic heterocycles. The standard InChI is InChI=1S/C21H19N3O2S/c1-22-19(25)16-11-9-15(10-12-16)14-24-20(26)18-8-5-13-23-21(18)27-17-6-3-2-4-7-17/h2-13H,14H2,1H3,(H,22,25)(H,24,26). The highest BCUT2D eigenvalue weighted by Gasteiger charge is 2.13. The predicted molar refractivity (Wildman–Crippen MR) is 106 cm³/mol. The Bertz CT molecular complexity index is 928. The van der Waals surface area contributed by atoms with Gasteiger partial charge in [0.05, 0.1) is 5.56 Å². The minimum atomic E-state index is -0.183. The summed E-state index contributed by atoms with van der Waals surface area (Å²) in [7, 11) is 1.59. The van der Waals surface area contributed by atoms with Gasteiger partial charge in [0.15, 0.2) is 0 Å². The second-order valence-electron chi connectivity index (χ2n) is 5.73. The molecule has 3 rings (SSSR count). The quantitative estimate of drug-likeness (QED) is 0.689. The van der Waals surface area contributed by atoms with E-state index in [-0.39, 0.29) is 11.8 Å². The second kappa shape index (κ2) is 9.00. The van der Waals surface area contributed by atoms with Gasteiger partial charge < -0.3 is 10.6 Å². The minimum absolute atomic E-state index is 0.136. The number of carbonyl (C=O) groups is 2. The van der Waals surface area contributed by atoms with Gasteiger partial charge in [-0.25, -0.2) is 4.98 Å². The first-order chi connectivity index (χ1) is 13.2. The molecular formula is C21H19N3O2S. The lowest BCUT2D eigenvalue weighted by Gasteiger charge is -2.09. The Kier molecular flexibility index (Phi) is 6.22. The van der Waals surface area contributed by atoms with Crippen molar-refractivity contribution in [1.29, 1.82) is 0 Å². The summed E-state index contributed by atoms with van der Waals surface area (Å²) in [6, 6.07) is 20.5. The van der Waals surface area contributed by atoms with Crippen LogP contribution in [-0.2, 0) is 6.54 Å². The van der Waals surface area contributed by atoms with E-state index in [1.165, 1.54) is 11.8 Å². The van der Waals surface area contributed by atoms with Crippen LogP contribution >= 0.6 is 11.8 Å². The van der Waals surface area contributed by atoms with E-state index >= 15 is 0 Å². The van der Waals surface area contributed by atoms with Crippen molar-refractivity contribution in [3.05, 3.63) is 89.6 Å². The summed E-state index contributed by atoms with van der Waals surface area (Å²) < 4.78 is 0. The molecule has 0 atom stereocenters. The first-order valence-corrected chi connectivity index (χ1v) is 9.26. The summed E-state index contributed by atoms with van der Waals surface area (Å²) in [6.07, 6.45) is 1.68. The van der Waals surface area contributed by atoms with Crippen LogP contribution in [0.25, 0.3) is 0 Å². The molecule has 0 saturated carbocycles. The lowest BCUT2D eigenvalue weighted by atomic mass is 10.1. The van der Waals surface area contributed by atoms with Gasteiger partial charge in [-0.05, 0) is 42.0 Å². The average Bonchev–Trinajstić information content (AvgIpc) is 2.73. The summed E-state index contributed by atoms with van der Waals surface area (Å²) in [5.74, 6) is -0.319. The van der Waals surface area contributed by atoms with Crippen molar-refractivity contribution in [2.24, 2.45) is 0 Å². The van der Waals surface area contributed by atoms with Gasteiger partial charge in [0, 0.05) is 30.2 Å². The summed E-state index contributed by atoms with van der Waals surface area (Å²) in [5.41, 5.74) is 2.03. The highest BCUT2D eigenvalue weighted by Crippen LogP contribution is 2.28. The van der Waals surface area contributed by atoms with E-state index < -0.39 is 0 Å². The lowest BCUT2D eigenvalue weighted by Crippen LogP contribution is -2.23. The van der Waals surface area contributed by atoms with Crippen LogP contribution in [-0.4, -0.2) is 23.8 Å². The summed E-state index contributed by atoms with van der Waals surface area (Å²) in [6.45, 7) is 0.372. The van der Waals surface area contributed by atoms with Crippen LogP contribution in [0.4, 0.5) is 0 Å². The third kappa shape index (κ3) is 4.95. The fourth-order valence-corrected chi connectivity index (χ4v) is 3.34. The highest BCUT2D eigenvalue weighted by molar-refractivity contribution is 7.99. The Labute approximate surface area is 162 Å². The molecule has 2 amide bonds. The van der Waals surface area contributed by atoms with Crippen LogP contribution in [0.15, 0.2) is 82.8 Å². The van der Waals surface area contributed by atoms with Crippen LogP contribution in [0, 0.1) is 0 Å². The first-order valence-electron chi connectivity index (χ1n) is 8.44. The van der Waals surface area contributed by atoms with E-state index in [1.54, 1.807) is 37.5 Å². The van der Waals surface area contributed by atoms with Crippen LogP contribution in [0.1, 0.15) is 26.3 Å². The molecule has 3 aromatic rings. The van der Waals surface area contributed by atoms with E-state index in [0.717, 1.165) is 10.5 Å². The van der Waals surface area contributed by atoms with Gasteiger partial charge in [0.1, 0.15) is 5.03 Å². The molecule has 0 aliphatic carbocycles. The Balaban J connectivity index is 1.67. The molecule has 5 nitrogen and oxygen atoms in total. The summed E-state index contributed by atoms with van der Waals surface area (Å²) in [5, 5.41) is 6.16. The van der Waals surface area contributed by atoms with Crippen molar-refractivity contribution in [2.75, 3.05) is 7.05 Å². The van der Waals surface area contributed by atoms with Crippen molar-refractivity contribution >= 4 is 23.6 Å². The van der Waals surface area contributed by atoms with Crippen molar-refractivity contribution in [3.63, 3.8) is 0 Å². The number of benzene rings is 2. The van der Waals surface area contributed by atoms with Crippen LogP contribution in [0.3, 0.4) is 0 Å². The van der Waals surface area contributed by atoms with Crippen LogP contribution in [0.2, 0.25) is 0 Å². The van der Waals surface area contributed by atoms with Gasteiger partial charge in [-0.2, -0.15) is 0 Å². The molecule has 0 saturated heterocycles. The Morgan fingerprint density at radius 2 is 1.67 bits per heavy atom. The van der Waals surface area contributed by atoms with E-state index in [1.807, 2.05) is 42.5 Å². The number of nitrogens with one attached hydrogen (secondary N) is 2. The summed E-state index contributed by atoms with van der Waals surface area (Å²) >= 11 is 1.46. The molecule has 0 spiro atoms. The normalized spacial score (nSPS) is 10.3. The Morgan fingerprint density at radius 1 is 0.926 bits per heavy atom. The minimum Gasteiger partial charge on any atom is -0.355 e. The molecular weight excluding hydrogens is 358 g/mol. The lowest BCUT2D eigenvalue weighted by molar-refractivity contribution is 0.0943. The number of pyridine rings is 1. The van der Waals surface area contributed by atoms with Gasteiger partial charge in [0.25, 0.3) is 11.8 Å². The molecule has 2 N–H and O–H groups in total. The Morgan fingerprint density at radius 3 is 2.37 bits per heavy atom. The third-order valence-electron chi connectivity index (χ3n) is 3.87. The van der Waals surface area contributed by atoms with Crippen molar-refractivity contribution < 1.29 is 9.59 Å². The van der Waals surface area contributed by atoms with Crippen molar-refractivity contribution in [3.8, 4) is 0 Å². The molecule has 6 heteroatoms. The van der Waals surface area contributed by atoms with E-state index in [4.69, 9.17) is 0 Å². The largest absolute Gasteiger partial charge is 0.355 e. The molecule has 1 heterocycles. The van der Waals surface area contributed by atoms with E-state index in [0.29, 0.717) is 22.7 Å². The number of rotatable bonds is 6. The van der Waals surface area contributed by atoms with Gasteiger partial charge in [0.2, 0.25) is 0 Å². The van der Waals surface area contributed by atoms with Crippen molar-refractivity contribution in [1.82, 2.24) is 15.6 Å². The topological polar surface area (TPSA) is 71.1 Å². The molecule has 0 aliphatic heterocycles. The van der Waals surface area contributed by atoms with Crippen molar-refractivity contribution in [2.45, 2.75) is 16.5 Å². The van der Waals surface area contributed by atoms with Crippen LogP contribution < -0.4 is 10.6 Å². The molecule has 0 unspecified atom stereocenters. The zero-order valence-electron chi connectivity index (χ0n) is 14.8. The fourth-order valence-electron chi connectivity index (χ4n) is 2.44. The summed E-state index contributed by atoms with van der Waals surface area (Å²) in [4.78, 5) is 29.6. The van der Waals surface area contributed by atoms with Gasteiger partial charge in [-0.1, -0.05) is 42.1 Å². The second-order valence-corrected chi connectivity index (χ2v) is 6.79. The fraction of sp³-hybridized carbons (Fsp3) is 0.0952. The maximum absolute atomic E-state index is 12.6. The molecule has 136 valence electrons. The maximum Gasteiger partial charge on any atom is 0.254 e. The van der Waals surface area contributed by atoms with Gasteiger partial charge >= 0.3 is 0 Å². The maximum atomic E-state index is 12.6. The zero-order chi connectivity index (χ0) is 19.1. The zero-order valence-corrected chi connectivity index (χ0v) is 15.6. The molecule has 2 aromatic carbocycles. The highest BCUT2D eigenvalue weighted by atomic mass is 32.2. The smallest absolute Gasteiger partial charge is 0.254 e. The number of amides is 2. The number of hydrogen-bond acceptors (Lipinski definition) is 4. The SMILES string of the molecule is CNC(=O)c1ccc(CNC(=O)c2cccnc2Sc2ccccc2)cc1. The van der Waals surface area contributed by atoms with Gasteiger partial charge in [-0.15, -0.1) is 0 Å². The van der Waals surface area contributed by atoms with E-state index in [9.17, 15) is 9.59 Å². The van der Waals surface area contributed by atoms with Crippen LogP contribution in [0.5, 0.6) is 0 Å². The molecule has 27 heavy (non-hydrogen) atoms. The monoisotopic (exact) mass is 377 g/mol. The number of aromatic nitrogens is 1. The molecule has 0 aliphatic rings. The predicted octanol–water partition coefficient (Wildman–Crippen LogP) is 3.52.